The summed E-state index contributed by atoms with van der Waals surface area (Å²) in [6.07, 6.45) is 3.18. The molecule has 1 atom stereocenters. The van der Waals surface area contributed by atoms with Gasteiger partial charge in [-0.15, -0.1) is 0 Å². The molecular weight excluding hydrogens is 198 g/mol. The van der Waals surface area contributed by atoms with Crippen molar-refractivity contribution in [2.75, 3.05) is 11.9 Å². The van der Waals surface area contributed by atoms with Gasteiger partial charge in [0.1, 0.15) is 0 Å². The summed E-state index contributed by atoms with van der Waals surface area (Å²) >= 11 is 0. The highest BCUT2D eigenvalue weighted by atomic mass is 16.4. The highest BCUT2D eigenvalue weighted by molar-refractivity contribution is 5.86. The molecule has 0 unspecified atom stereocenters. The minimum absolute atomic E-state index is 0.0134. The minimum atomic E-state index is -1.06. The number of rotatable bonds is 5. The summed E-state index contributed by atoms with van der Waals surface area (Å²) in [7, 11) is 0. The molecule has 1 rings (SSSR count). The van der Waals surface area contributed by atoms with Crippen LogP contribution < -0.4 is 5.32 Å². The number of aliphatic hydroxyl groups excluding tert-OH is 1. The Labute approximate surface area is 87.0 Å². The van der Waals surface area contributed by atoms with Crippen LogP contribution in [0.4, 0.5) is 5.95 Å². The van der Waals surface area contributed by atoms with E-state index in [1.165, 1.54) is 12.4 Å². The lowest BCUT2D eigenvalue weighted by Crippen LogP contribution is -2.23. The first kappa shape index (κ1) is 11.4. The molecule has 0 bridgehead atoms. The van der Waals surface area contributed by atoms with E-state index >= 15 is 0 Å². The molecule has 1 aromatic heterocycles. The van der Waals surface area contributed by atoms with Crippen LogP contribution in [-0.2, 0) is 0 Å². The highest BCUT2D eigenvalue weighted by Gasteiger charge is 2.07. The quantitative estimate of drug-likeness (QED) is 0.650. The molecule has 0 fully saturated rings. The molecule has 1 heterocycles. The number of aromatic nitrogens is 2. The smallest absolute Gasteiger partial charge is 0.338 e. The van der Waals surface area contributed by atoms with Crippen molar-refractivity contribution in [2.45, 2.75) is 19.4 Å². The fraction of sp³-hybridized carbons (Fsp3) is 0.444. The maximum Gasteiger partial charge on any atom is 0.338 e. The minimum Gasteiger partial charge on any atom is -0.478 e. The molecule has 0 radical (unpaired) electrons. The van der Waals surface area contributed by atoms with Crippen LogP contribution in [-0.4, -0.2) is 38.8 Å². The monoisotopic (exact) mass is 211 g/mol. The summed E-state index contributed by atoms with van der Waals surface area (Å²) in [5.41, 5.74) is 0.0394. The Morgan fingerprint density at radius 2 is 2.13 bits per heavy atom. The van der Waals surface area contributed by atoms with Gasteiger partial charge in [-0.1, -0.05) is 6.92 Å². The molecule has 3 N–H and O–H groups in total. The SMILES string of the molecule is CC[C@H](CO)Nc1ncc(C(=O)O)cn1. The maximum absolute atomic E-state index is 10.5. The standard InChI is InChI=1S/C9H13N3O3/c1-2-7(5-13)12-9-10-3-6(4-11-9)8(14)15/h3-4,7,13H,2,5H2,1H3,(H,14,15)(H,10,11,12)/t7-/m1/s1. The lowest BCUT2D eigenvalue weighted by molar-refractivity contribution is 0.0696. The summed E-state index contributed by atoms with van der Waals surface area (Å²) in [5, 5.41) is 20.4. The third kappa shape index (κ3) is 3.17. The molecule has 0 amide bonds. The molecule has 0 aromatic carbocycles. The lowest BCUT2D eigenvalue weighted by Gasteiger charge is -2.13. The first-order valence-electron chi connectivity index (χ1n) is 4.60. The first-order valence-corrected chi connectivity index (χ1v) is 4.60. The Balaban J connectivity index is 2.67. The Morgan fingerprint density at radius 3 is 2.53 bits per heavy atom. The van der Waals surface area contributed by atoms with E-state index in [-0.39, 0.29) is 18.2 Å². The van der Waals surface area contributed by atoms with E-state index in [1.54, 1.807) is 0 Å². The van der Waals surface area contributed by atoms with Crippen LogP contribution in [0.2, 0.25) is 0 Å². The zero-order valence-corrected chi connectivity index (χ0v) is 8.34. The number of carboxylic acid groups (broad SMARTS) is 1. The molecular formula is C9H13N3O3. The third-order valence-corrected chi connectivity index (χ3v) is 1.95. The predicted molar refractivity (Wildman–Crippen MR) is 53.8 cm³/mol. The number of aromatic carboxylic acids is 1. The van der Waals surface area contributed by atoms with Crippen LogP contribution in [0.25, 0.3) is 0 Å². The second kappa shape index (κ2) is 5.26. The normalized spacial score (nSPS) is 12.1. The fourth-order valence-electron chi connectivity index (χ4n) is 0.972. The largest absolute Gasteiger partial charge is 0.478 e. The van der Waals surface area contributed by atoms with Gasteiger partial charge in [0.25, 0.3) is 0 Å². The van der Waals surface area contributed by atoms with Crippen molar-refractivity contribution in [3.63, 3.8) is 0 Å². The van der Waals surface area contributed by atoms with Crippen molar-refractivity contribution in [1.29, 1.82) is 0 Å². The number of hydrogen-bond donors (Lipinski definition) is 3. The van der Waals surface area contributed by atoms with E-state index < -0.39 is 5.97 Å². The number of aliphatic hydroxyl groups is 1. The zero-order chi connectivity index (χ0) is 11.3. The van der Waals surface area contributed by atoms with Gasteiger partial charge in [-0.3, -0.25) is 0 Å². The fourth-order valence-corrected chi connectivity index (χ4v) is 0.972. The molecule has 0 spiro atoms. The van der Waals surface area contributed by atoms with Crippen molar-refractivity contribution in [3.05, 3.63) is 18.0 Å². The van der Waals surface area contributed by atoms with Gasteiger partial charge in [0, 0.05) is 12.4 Å². The summed E-state index contributed by atoms with van der Waals surface area (Å²) in [6.45, 7) is 1.90. The van der Waals surface area contributed by atoms with Gasteiger partial charge in [-0.2, -0.15) is 0 Å². The Hall–Kier alpha value is -1.69. The maximum atomic E-state index is 10.5. The van der Waals surface area contributed by atoms with Gasteiger partial charge in [0.15, 0.2) is 0 Å². The van der Waals surface area contributed by atoms with Crippen molar-refractivity contribution in [3.8, 4) is 0 Å². The van der Waals surface area contributed by atoms with Crippen molar-refractivity contribution in [1.82, 2.24) is 9.97 Å². The Morgan fingerprint density at radius 1 is 1.53 bits per heavy atom. The molecule has 0 saturated heterocycles. The molecule has 6 heteroatoms. The van der Waals surface area contributed by atoms with Crippen molar-refractivity contribution < 1.29 is 15.0 Å². The molecule has 1 aromatic rings. The average Bonchev–Trinajstić information content (AvgIpc) is 2.26. The summed E-state index contributed by atoms with van der Waals surface area (Å²) in [4.78, 5) is 18.1. The van der Waals surface area contributed by atoms with Crippen molar-refractivity contribution in [2.24, 2.45) is 0 Å². The van der Waals surface area contributed by atoms with E-state index in [2.05, 4.69) is 15.3 Å². The number of nitrogens with one attached hydrogen (secondary N) is 1. The second-order valence-corrected chi connectivity index (χ2v) is 3.03. The molecule has 0 aliphatic rings. The zero-order valence-electron chi connectivity index (χ0n) is 8.34. The molecule has 0 aliphatic heterocycles. The summed E-state index contributed by atoms with van der Waals surface area (Å²) in [6, 6.07) is -0.110. The van der Waals surface area contributed by atoms with E-state index in [0.717, 1.165) is 6.42 Å². The van der Waals surface area contributed by atoms with Crippen LogP contribution in [0.3, 0.4) is 0 Å². The number of anilines is 1. The number of carboxylic acids is 1. The van der Waals surface area contributed by atoms with Gasteiger partial charge in [0.05, 0.1) is 18.2 Å². The summed E-state index contributed by atoms with van der Waals surface area (Å²) < 4.78 is 0. The van der Waals surface area contributed by atoms with Crippen molar-refractivity contribution >= 4 is 11.9 Å². The molecule has 82 valence electrons. The van der Waals surface area contributed by atoms with E-state index in [4.69, 9.17) is 10.2 Å². The van der Waals surface area contributed by atoms with Gasteiger partial charge in [-0.25, -0.2) is 14.8 Å². The van der Waals surface area contributed by atoms with Crippen LogP contribution in [0.5, 0.6) is 0 Å². The Bertz CT molecular complexity index is 322. The van der Waals surface area contributed by atoms with E-state index in [1.807, 2.05) is 6.92 Å². The number of nitrogens with zero attached hydrogens (tertiary/aromatic N) is 2. The number of hydrogen-bond acceptors (Lipinski definition) is 5. The van der Waals surface area contributed by atoms with Crippen LogP contribution in [0.1, 0.15) is 23.7 Å². The van der Waals surface area contributed by atoms with E-state index in [0.29, 0.717) is 5.95 Å². The Kier molecular flexibility index (Phi) is 3.99. The van der Waals surface area contributed by atoms with Gasteiger partial charge in [-0.05, 0) is 6.42 Å². The van der Waals surface area contributed by atoms with Crippen LogP contribution in [0, 0.1) is 0 Å². The molecule has 0 aliphatic carbocycles. The van der Waals surface area contributed by atoms with E-state index in [9.17, 15) is 4.79 Å². The molecule has 15 heavy (non-hydrogen) atoms. The lowest BCUT2D eigenvalue weighted by atomic mass is 10.2. The average molecular weight is 211 g/mol. The topological polar surface area (TPSA) is 95.3 Å². The van der Waals surface area contributed by atoms with Gasteiger partial charge >= 0.3 is 5.97 Å². The number of carbonyl (C=O) groups is 1. The van der Waals surface area contributed by atoms with Crippen LogP contribution >= 0.6 is 0 Å². The summed E-state index contributed by atoms with van der Waals surface area (Å²) in [5.74, 6) is -0.739. The predicted octanol–water partition coefficient (Wildman–Crippen LogP) is 0.358. The molecule has 0 saturated carbocycles. The highest BCUT2D eigenvalue weighted by Crippen LogP contribution is 2.03. The van der Waals surface area contributed by atoms with Gasteiger partial charge < -0.3 is 15.5 Å². The van der Waals surface area contributed by atoms with Gasteiger partial charge in [0.2, 0.25) is 5.95 Å². The third-order valence-electron chi connectivity index (χ3n) is 1.95. The second-order valence-electron chi connectivity index (χ2n) is 3.03. The van der Waals surface area contributed by atoms with Crippen LogP contribution in [0.15, 0.2) is 12.4 Å². The first-order chi connectivity index (χ1) is 7.17. The molecule has 6 nitrogen and oxygen atoms in total.